The molecule has 0 saturated heterocycles. The number of nitrogens with zero attached hydrogens (tertiary/aromatic N) is 3. The Morgan fingerprint density at radius 3 is 2.59 bits per heavy atom. The maximum Gasteiger partial charge on any atom is 0.0928 e. The minimum Gasteiger partial charge on any atom is -0.498 e. The van der Waals surface area contributed by atoms with E-state index in [1.807, 2.05) is 71.1 Å². The molecule has 0 aliphatic rings. The van der Waals surface area contributed by atoms with Crippen LogP contribution in [0.3, 0.4) is 0 Å². The van der Waals surface area contributed by atoms with E-state index in [1.54, 1.807) is 11.8 Å². The largest absolute Gasteiger partial charge is 0.498 e. The Labute approximate surface area is 238 Å². The highest BCUT2D eigenvalue weighted by atomic mass is 32.2. The van der Waals surface area contributed by atoms with Crippen LogP contribution in [-0.2, 0) is 17.0 Å². The molecule has 9 heteroatoms. The second kappa shape index (κ2) is 19.4. The number of allylic oxidation sites excluding steroid dienone is 4. The Morgan fingerprint density at radius 1 is 1.24 bits per heavy atom. The molecule has 1 rings (SSSR count). The Hall–Kier alpha value is -1.73. The number of hydrogen-bond acceptors (Lipinski definition) is 8. The second-order valence-corrected chi connectivity index (χ2v) is 11.7. The first-order valence-electron chi connectivity index (χ1n) is 12.8. The van der Waals surface area contributed by atoms with Crippen molar-refractivity contribution < 1.29 is 4.74 Å². The van der Waals surface area contributed by atoms with Gasteiger partial charge in [-0.3, -0.25) is 0 Å². The summed E-state index contributed by atoms with van der Waals surface area (Å²) in [7, 11) is 3.77. The average molecular weight is 564 g/mol. The third-order valence-corrected chi connectivity index (χ3v) is 8.32. The Bertz CT molecular complexity index is 962. The lowest BCUT2D eigenvalue weighted by Gasteiger charge is -2.16. The summed E-state index contributed by atoms with van der Waals surface area (Å²) < 4.78 is 15.8. The lowest BCUT2D eigenvalue weighted by atomic mass is 10.1. The molecule has 1 unspecified atom stereocenters. The van der Waals surface area contributed by atoms with Crippen molar-refractivity contribution in [2.75, 3.05) is 27.0 Å². The predicted molar refractivity (Wildman–Crippen MR) is 167 cm³/mol. The molecule has 1 aromatic heterocycles. The smallest absolute Gasteiger partial charge is 0.0928 e. The molecule has 0 bridgehead atoms. The molecule has 0 amide bonds. The van der Waals surface area contributed by atoms with Crippen LogP contribution in [0.5, 0.6) is 0 Å². The molecule has 1 aromatic rings. The number of unbranched alkanes of at least 4 members (excludes halogenated alkanes) is 3. The van der Waals surface area contributed by atoms with Crippen LogP contribution in [-0.4, -0.2) is 43.0 Å². The molecule has 2 N–H and O–H groups in total. The van der Waals surface area contributed by atoms with Crippen LogP contribution < -0.4 is 10.0 Å². The van der Waals surface area contributed by atoms with E-state index in [2.05, 4.69) is 44.8 Å². The fraction of sp³-hybridized carbons (Fsp3) is 0.571. The van der Waals surface area contributed by atoms with E-state index in [4.69, 9.17) is 4.74 Å². The third kappa shape index (κ3) is 11.3. The SMILES string of the molecule is C=C(NC)c1c(/C=N/SNC)c(SC(C)[C@H](C)C#N)c(CSC)n1CCCCCCO/C(C)=C/C=C\C. The summed E-state index contributed by atoms with van der Waals surface area (Å²) in [5.41, 5.74) is 4.32. The minimum absolute atomic E-state index is 0.0541. The molecule has 0 aliphatic heterocycles. The third-order valence-electron chi connectivity index (χ3n) is 5.89. The van der Waals surface area contributed by atoms with Crippen LogP contribution in [0.15, 0.2) is 39.9 Å². The molecule has 0 spiro atoms. The normalized spacial score (nSPS) is 13.7. The lowest BCUT2D eigenvalue weighted by Crippen LogP contribution is -2.13. The monoisotopic (exact) mass is 563 g/mol. The number of rotatable bonds is 19. The molecule has 0 fully saturated rings. The van der Waals surface area contributed by atoms with Crippen molar-refractivity contribution in [2.45, 2.75) is 75.8 Å². The fourth-order valence-electron chi connectivity index (χ4n) is 3.65. The molecule has 37 heavy (non-hydrogen) atoms. The van der Waals surface area contributed by atoms with Crippen molar-refractivity contribution in [3.63, 3.8) is 0 Å². The van der Waals surface area contributed by atoms with Gasteiger partial charge in [0.2, 0.25) is 0 Å². The van der Waals surface area contributed by atoms with Gasteiger partial charge in [0.15, 0.2) is 0 Å². The van der Waals surface area contributed by atoms with Crippen LogP contribution in [0.25, 0.3) is 5.70 Å². The highest BCUT2D eigenvalue weighted by Gasteiger charge is 2.26. The van der Waals surface area contributed by atoms with Gasteiger partial charge in [0.1, 0.15) is 0 Å². The topological polar surface area (TPSA) is 74.4 Å². The van der Waals surface area contributed by atoms with Gasteiger partial charge in [-0.25, -0.2) is 9.12 Å². The number of aromatic nitrogens is 1. The summed E-state index contributed by atoms with van der Waals surface area (Å²) in [6.07, 6.45) is 14.5. The molecule has 1 heterocycles. The van der Waals surface area contributed by atoms with Crippen molar-refractivity contribution >= 4 is 47.6 Å². The van der Waals surface area contributed by atoms with Crippen molar-refractivity contribution in [3.8, 4) is 6.07 Å². The standard InChI is InChI=1S/C28H45N5OS3/c1-9-10-15-22(3)34-17-14-12-11-13-16-33-26(20-35-8)28(36-24(5)21(2)18-29)25(19-32-37-31-7)27(33)23(4)30-6/h9-10,15,19,21,24,30-31H,4,11-14,16-17,20H2,1-3,5-8H3/b10-9-,22-15+,32-19+/t21-,24?/m1/s1. The van der Waals surface area contributed by atoms with Crippen molar-refractivity contribution in [1.82, 2.24) is 14.6 Å². The zero-order valence-electron chi connectivity index (χ0n) is 23.6. The highest BCUT2D eigenvalue weighted by molar-refractivity contribution is 8.00. The van der Waals surface area contributed by atoms with E-state index in [1.165, 1.54) is 22.7 Å². The first-order valence-corrected chi connectivity index (χ1v) is 15.9. The van der Waals surface area contributed by atoms with Gasteiger partial charge in [-0.15, -0.1) is 11.8 Å². The number of ether oxygens (including phenoxy) is 1. The molecular formula is C28H45N5OS3. The summed E-state index contributed by atoms with van der Waals surface area (Å²) in [5.74, 6) is 1.79. The van der Waals surface area contributed by atoms with E-state index in [9.17, 15) is 5.26 Å². The lowest BCUT2D eigenvalue weighted by molar-refractivity contribution is 0.207. The number of nitriles is 1. The van der Waals surface area contributed by atoms with E-state index < -0.39 is 0 Å². The molecular weight excluding hydrogens is 519 g/mol. The van der Waals surface area contributed by atoms with E-state index in [0.29, 0.717) is 0 Å². The van der Waals surface area contributed by atoms with Crippen molar-refractivity contribution in [3.05, 3.63) is 47.5 Å². The van der Waals surface area contributed by atoms with Gasteiger partial charge in [0, 0.05) is 47.0 Å². The Balaban J connectivity index is 3.18. The van der Waals surface area contributed by atoms with Crippen molar-refractivity contribution in [1.29, 1.82) is 5.26 Å². The summed E-state index contributed by atoms with van der Waals surface area (Å²) in [6.45, 7) is 14.1. The molecule has 6 nitrogen and oxygen atoms in total. The van der Waals surface area contributed by atoms with E-state index in [0.717, 1.165) is 67.3 Å². The molecule has 0 aromatic carbocycles. The first-order chi connectivity index (χ1) is 17.9. The first kappa shape index (κ1) is 33.3. The molecule has 0 radical (unpaired) electrons. The van der Waals surface area contributed by atoms with Gasteiger partial charge < -0.3 is 14.6 Å². The quantitative estimate of drug-likeness (QED) is 0.0452. The Kier molecular flexibility index (Phi) is 17.4. The summed E-state index contributed by atoms with van der Waals surface area (Å²) in [6, 6.07) is 2.41. The van der Waals surface area contributed by atoms with Gasteiger partial charge in [0.05, 0.1) is 47.9 Å². The fourth-order valence-corrected chi connectivity index (χ4v) is 5.81. The second-order valence-electron chi connectivity index (χ2n) is 8.69. The molecule has 2 atom stereocenters. The van der Waals surface area contributed by atoms with E-state index in [-0.39, 0.29) is 11.2 Å². The van der Waals surface area contributed by atoms with Gasteiger partial charge in [-0.05, 0) is 53.0 Å². The zero-order valence-corrected chi connectivity index (χ0v) is 26.0. The minimum atomic E-state index is -0.0541. The highest BCUT2D eigenvalue weighted by Crippen LogP contribution is 2.39. The van der Waals surface area contributed by atoms with E-state index >= 15 is 0 Å². The van der Waals surface area contributed by atoms with Crippen molar-refractivity contribution in [2.24, 2.45) is 10.3 Å². The number of thioether (sulfide) groups is 2. The Morgan fingerprint density at radius 2 is 1.97 bits per heavy atom. The molecule has 0 aliphatic carbocycles. The maximum absolute atomic E-state index is 9.51. The van der Waals surface area contributed by atoms with Crippen LogP contribution in [0.4, 0.5) is 0 Å². The molecule has 206 valence electrons. The maximum atomic E-state index is 9.51. The van der Waals surface area contributed by atoms with Crippen LogP contribution >= 0.6 is 35.7 Å². The van der Waals surface area contributed by atoms with Gasteiger partial charge in [0.25, 0.3) is 0 Å². The van der Waals surface area contributed by atoms with Gasteiger partial charge in [-0.2, -0.15) is 17.0 Å². The van der Waals surface area contributed by atoms with Crippen LogP contribution in [0.1, 0.15) is 70.3 Å². The number of nitrogens with one attached hydrogen (secondary N) is 2. The summed E-state index contributed by atoms with van der Waals surface area (Å²) in [5, 5.41) is 12.9. The zero-order chi connectivity index (χ0) is 27.6. The predicted octanol–water partition coefficient (Wildman–Crippen LogP) is 7.44. The van der Waals surface area contributed by atoms with Crippen LogP contribution in [0, 0.1) is 17.2 Å². The summed E-state index contributed by atoms with van der Waals surface area (Å²) in [4.78, 5) is 1.20. The molecule has 0 saturated carbocycles. The number of hydrogen-bond donors (Lipinski definition) is 2. The summed E-state index contributed by atoms with van der Waals surface area (Å²) >= 11 is 4.90. The average Bonchev–Trinajstić information content (AvgIpc) is 3.17. The van der Waals surface area contributed by atoms with Gasteiger partial charge >= 0.3 is 0 Å². The van der Waals surface area contributed by atoms with Crippen LogP contribution in [0.2, 0.25) is 0 Å². The van der Waals surface area contributed by atoms with Gasteiger partial charge in [-0.1, -0.05) is 38.5 Å².